The first-order chi connectivity index (χ1) is 29.2. The van der Waals surface area contributed by atoms with Gasteiger partial charge in [0, 0.05) is 27.6 Å². The van der Waals surface area contributed by atoms with Crippen LogP contribution in [0.4, 0.5) is 0 Å². The Morgan fingerprint density at radius 3 is 1.76 bits per heavy atom. The van der Waals surface area contributed by atoms with E-state index in [0.717, 1.165) is 67.0 Å². The van der Waals surface area contributed by atoms with E-state index in [2.05, 4.69) is 194 Å². The van der Waals surface area contributed by atoms with Crippen LogP contribution in [0.1, 0.15) is 0 Å². The standard InChI is InChI=1S/C56H34N2O/c1-2-10-35(11-3-1)36-20-26-41(27-21-36)56-57-50(34-51(58-56)43-29-31-52-49(33-43)46-18-8-14-39-15-9-19-53(59-52)55(39)46)38-22-24-40(25-23-38)54-45-17-7-5-13-42(45)32-48-44-16-6-4-12-37(44)28-30-47(48)54/h1-34H. The molecule has 0 saturated carbocycles. The molecule has 2 heterocycles. The van der Waals surface area contributed by atoms with E-state index < -0.39 is 0 Å². The Kier molecular flexibility index (Phi) is 7.54. The molecule has 0 N–H and O–H groups in total. The number of nitrogens with zero attached hydrogens (tertiary/aromatic N) is 2. The van der Waals surface area contributed by atoms with E-state index >= 15 is 0 Å². The molecular formula is C56H34N2O. The fraction of sp³-hybridized carbons (Fsp3) is 0. The third-order valence-electron chi connectivity index (χ3n) is 11.9. The summed E-state index contributed by atoms with van der Waals surface area (Å²) in [7, 11) is 0. The number of aromatic nitrogens is 2. The number of fused-ring (bicyclic) bond motifs is 6. The summed E-state index contributed by atoms with van der Waals surface area (Å²) in [5.74, 6) is 2.40. The fourth-order valence-electron chi connectivity index (χ4n) is 8.98. The largest absolute Gasteiger partial charge is 0.456 e. The fourth-order valence-corrected chi connectivity index (χ4v) is 8.98. The van der Waals surface area contributed by atoms with Gasteiger partial charge in [-0.15, -0.1) is 0 Å². The molecule has 0 amide bonds. The minimum absolute atomic E-state index is 0.675. The number of ether oxygens (including phenoxy) is 1. The highest BCUT2D eigenvalue weighted by atomic mass is 16.5. The van der Waals surface area contributed by atoms with E-state index in [1.807, 2.05) is 12.1 Å². The SMILES string of the molecule is c1ccc(-c2ccc(-c3nc(-c4ccc(-c5c6ccccc6cc6c5ccc5ccccc56)cc4)cc(-c4ccc5c(c4)-c4cccc6cccc(c46)O5)n3)cc2)cc1. The normalized spacial score (nSPS) is 11.9. The molecule has 0 spiro atoms. The van der Waals surface area contributed by atoms with Gasteiger partial charge >= 0.3 is 0 Å². The van der Waals surface area contributed by atoms with E-state index in [1.54, 1.807) is 0 Å². The van der Waals surface area contributed by atoms with E-state index in [1.165, 1.54) is 49.0 Å². The molecule has 1 aliphatic heterocycles. The maximum Gasteiger partial charge on any atom is 0.160 e. The Morgan fingerprint density at radius 2 is 0.932 bits per heavy atom. The molecule has 3 heteroatoms. The van der Waals surface area contributed by atoms with Crippen molar-refractivity contribution in [3.05, 3.63) is 206 Å². The Hall–Kier alpha value is -7.88. The lowest BCUT2D eigenvalue weighted by atomic mass is 9.89. The summed E-state index contributed by atoms with van der Waals surface area (Å²) >= 11 is 0. The van der Waals surface area contributed by atoms with Gasteiger partial charge in [0.25, 0.3) is 0 Å². The number of benzene rings is 10. The van der Waals surface area contributed by atoms with Crippen molar-refractivity contribution in [3.8, 4) is 78.8 Å². The van der Waals surface area contributed by atoms with Crippen molar-refractivity contribution >= 4 is 43.1 Å². The van der Waals surface area contributed by atoms with Crippen LogP contribution in [0.3, 0.4) is 0 Å². The van der Waals surface area contributed by atoms with E-state index in [-0.39, 0.29) is 0 Å². The van der Waals surface area contributed by atoms with Crippen LogP contribution in [0.25, 0.3) is 110 Å². The maximum absolute atomic E-state index is 6.46. The second-order valence-corrected chi connectivity index (χ2v) is 15.3. The highest BCUT2D eigenvalue weighted by Crippen LogP contribution is 2.48. The van der Waals surface area contributed by atoms with E-state index in [9.17, 15) is 0 Å². The van der Waals surface area contributed by atoms with Crippen LogP contribution in [-0.2, 0) is 0 Å². The molecule has 10 aromatic carbocycles. The second kappa shape index (κ2) is 13.4. The Morgan fingerprint density at radius 1 is 0.305 bits per heavy atom. The van der Waals surface area contributed by atoms with Gasteiger partial charge < -0.3 is 4.74 Å². The van der Waals surface area contributed by atoms with Gasteiger partial charge in [-0.2, -0.15) is 0 Å². The van der Waals surface area contributed by atoms with Gasteiger partial charge in [-0.1, -0.05) is 170 Å². The van der Waals surface area contributed by atoms with Gasteiger partial charge in [-0.3, -0.25) is 0 Å². The molecule has 274 valence electrons. The zero-order chi connectivity index (χ0) is 38.9. The zero-order valence-corrected chi connectivity index (χ0v) is 31.9. The van der Waals surface area contributed by atoms with Crippen LogP contribution in [-0.4, -0.2) is 9.97 Å². The highest BCUT2D eigenvalue weighted by molar-refractivity contribution is 6.20. The number of hydrogen-bond donors (Lipinski definition) is 0. The predicted molar refractivity (Wildman–Crippen MR) is 245 cm³/mol. The molecule has 0 radical (unpaired) electrons. The van der Waals surface area contributed by atoms with Crippen LogP contribution in [0, 0.1) is 0 Å². The van der Waals surface area contributed by atoms with Crippen LogP contribution >= 0.6 is 0 Å². The lowest BCUT2D eigenvalue weighted by molar-refractivity contribution is 0.487. The summed E-state index contributed by atoms with van der Waals surface area (Å²) < 4.78 is 6.46. The molecule has 11 aromatic rings. The molecule has 0 fully saturated rings. The van der Waals surface area contributed by atoms with Crippen molar-refractivity contribution in [2.75, 3.05) is 0 Å². The Labute approximate surface area is 341 Å². The van der Waals surface area contributed by atoms with Crippen molar-refractivity contribution in [2.24, 2.45) is 0 Å². The van der Waals surface area contributed by atoms with Crippen LogP contribution in [0.2, 0.25) is 0 Å². The van der Waals surface area contributed by atoms with Crippen molar-refractivity contribution in [3.63, 3.8) is 0 Å². The molecule has 0 aliphatic carbocycles. The Bertz CT molecular complexity index is 3440. The minimum Gasteiger partial charge on any atom is -0.456 e. The molecule has 0 saturated heterocycles. The number of hydrogen-bond acceptors (Lipinski definition) is 3. The number of rotatable bonds is 5. The van der Waals surface area contributed by atoms with Crippen LogP contribution in [0.15, 0.2) is 206 Å². The first-order valence-corrected chi connectivity index (χ1v) is 20.1. The average Bonchev–Trinajstić information content (AvgIpc) is 3.31. The minimum atomic E-state index is 0.675. The van der Waals surface area contributed by atoms with Gasteiger partial charge in [0.05, 0.1) is 11.4 Å². The summed E-state index contributed by atoms with van der Waals surface area (Å²) in [5.41, 5.74) is 11.6. The van der Waals surface area contributed by atoms with Crippen LogP contribution in [0.5, 0.6) is 11.5 Å². The van der Waals surface area contributed by atoms with Gasteiger partial charge in [0.15, 0.2) is 5.82 Å². The van der Waals surface area contributed by atoms with Gasteiger partial charge in [0.1, 0.15) is 11.5 Å². The molecule has 1 aliphatic rings. The van der Waals surface area contributed by atoms with Crippen molar-refractivity contribution in [1.82, 2.24) is 9.97 Å². The van der Waals surface area contributed by atoms with Crippen molar-refractivity contribution in [1.29, 1.82) is 0 Å². The molecular weight excluding hydrogens is 717 g/mol. The summed E-state index contributed by atoms with van der Waals surface area (Å²) in [5, 5.41) is 9.78. The maximum atomic E-state index is 6.46. The molecule has 0 bridgehead atoms. The average molecular weight is 751 g/mol. The molecule has 1 aromatic heterocycles. The zero-order valence-electron chi connectivity index (χ0n) is 31.9. The summed E-state index contributed by atoms with van der Waals surface area (Å²) in [4.78, 5) is 10.5. The first-order valence-electron chi connectivity index (χ1n) is 20.1. The lowest BCUT2D eigenvalue weighted by Crippen LogP contribution is -1.99. The molecule has 12 rings (SSSR count). The highest BCUT2D eigenvalue weighted by Gasteiger charge is 2.21. The molecule has 3 nitrogen and oxygen atoms in total. The third-order valence-corrected chi connectivity index (χ3v) is 11.9. The molecule has 0 unspecified atom stereocenters. The summed E-state index contributed by atoms with van der Waals surface area (Å²) in [6.07, 6.45) is 0. The van der Waals surface area contributed by atoms with Crippen molar-refractivity contribution in [2.45, 2.75) is 0 Å². The summed E-state index contributed by atoms with van der Waals surface area (Å²) in [6, 6.07) is 73.4. The molecule has 59 heavy (non-hydrogen) atoms. The van der Waals surface area contributed by atoms with Gasteiger partial charge in [-0.25, -0.2) is 9.97 Å². The predicted octanol–water partition coefficient (Wildman–Crippen LogP) is 15.2. The smallest absolute Gasteiger partial charge is 0.160 e. The monoisotopic (exact) mass is 750 g/mol. The van der Waals surface area contributed by atoms with Gasteiger partial charge in [0.2, 0.25) is 0 Å². The van der Waals surface area contributed by atoms with Gasteiger partial charge in [-0.05, 0) is 102 Å². The first kappa shape index (κ1) is 33.3. The van der Waals surface area contributed by atoms with E-state index in [4.69, 9.17) is 14.7 Å². The van der Waals surface area contributed by atoms with Crippen molar-refractivity contribution < 1.29 is 4.74 Å². The third kappa shape index (κ3) is 5.59. The Balaban J connectivity index is 1.00. The summed E-state index contributed by atoms with van der Waals surface area (Å²) in [6.45, 7) is 0. The van der Waals surface area contributed by atoms with Crippen LogP contribution < -0.4 is 4.74 Å². The quantitative estimate of drug-likeness (QED) is 0.130. The topological polar surface area (TPSA) is 35.0 Å². The van der Waals surface area contributed by atoms with E-state index in [0.29, 0.717) is 5.82 Å². The molecule has 0 atom stereocenters. The second-order valence-electron chi connectivity index (χ2n) is 15.3. The lowest BCUT2D eigenvalue weighted by Gasteiger charge is -2.22.